The number of halogens is 1. The first-order valence-electron chi connectivity index (χ1n) is 9.54. The summed E-state index contributed by atoms with van der Waals surface area (Å²) in [7, 11) is 0. The highest BCUT2D eigenvalue weighted by Gasteiger charge is 2.09. The number of hydrogen-bond donors (Lipinski definition) is 2. The summed E-state index contributed by atoms with van der Waals surface area (Å²) in [5.41, 5.74) is 1.64. The van der Waals surface area contributed by atoms with E-state index in [0.717, 1.165) is 16.9 Å². The lowest BCUT2D eigenvalue weighted by Gasteiger charge is -2.04. The molecular weight excluding hydrogens is 420 g/mol. The lowest BCUT2D eigenvalue weighted by atomic mass is 10.1. The van der Waals surface area contributed by atoms with Crippen molar-refractivity contribution in [1.82, 2.24) is 15.0 Å². The number of rotatable bonds is 7. The van der Waals surface area contributed by atoms with Gasteiger partial charge in [-0.3, -0.25) is 9.59 Å². The Morgan fingerprint density at radius 3 is 2.77 bits per heavy atom. The van der Waals surface area contributed by atoms with Crippen molar-refractivity contribution < 1.29 is 4.79 Å². The molecule has 1 amide bonds. The van der Waals surface area contributed by atoms with Crippen LogP contribution in [0.4, 0.5) is 5.13 Å². The molecule has 0 radical (unpaired) electrons. The molecule has 0 unspecified atom stereocenters. The minimum absolute atomic E-state index is 0.106. The van der Waals surface area contributed by atoms with Crippen molar-refractivity contribution in [2.75, 3.05) is 5.32 Å². The van der Waals surface area contributed by atoms with Crippen LogP contribution >= 0.6 is 22.9 Å². The lowest BCUT2D eigenvalue weighted by Crippen LogP contribution is -2.14. The van der Waals surface area contributed by atoms with Crippen LogP contribution in [0.15, 0.2) is 59.5 Å². The zero-order valence-corrected chi connectivity index (χ0v) is 17.6. The summed E-state index contributed by atoms with van der Waals surface area (Å²) in [4.78, 5) is 36.9. The minimum atomic E-state index is -0.156. The normalized spacial score (nSPS) is 11.0. The Balaban J connectivity index is 1.28. The summed E-state index contributed by atoms with van der Waals surface area (Å²) in [5, 5.41) is 4.70. The quantitative estimate of drug-likeness (QED) is 0.442. The molecule has 0 fully saturated rings. The molecule has 0 spiro atoms. The van der Waals surface area contributed by atoms with Crippen LogP contribution in [0.3, 0.4) is 0 Å². The van der Waals surface area contributed by atoms with E-state index >= 15 is 0 Å². The van der Waals surface area contributed by atoms with E-state index in [0.29, 0.717) is 46.1 Å². The number of carbonyl (C=O) groups excluding carboxylic acids is 1. The number of H-pyrrole nitrogens is 1. The molecule has 6 nitrogen and oxygen atoms in total. The van der Waals surface area contributed by atoms with E-state index < -0.39 is 0 Å². The van der Waals surface area contributed by atoms with Gasteiger partial charge in [0.15, 0.2) is 5.13 Å². The monoisotopic (exact) mass is 438 g/mol. The molecule has 0 aliphatic rings. The van der Waals surface area contributed by atoms with E-state index in [9.17, 15) is 9.59 Å². The summed E-state index contributed by atoms with van der Waals surface area (Å²) >= 11 is 7.37. The fourth-order valence-electron chi connectivity index (χ4n) is 3.10. The largest absolute Gasteiger partial charge is 0.310 e. The third kappa shape index (κ3) is 5.11. The summed E-state index contributed by atoms with van der Waals surface area (Å²) in [6.45, 7) is 0. The average molecular weight is 439 g/mol. The Hall–Kier alpha value is -3.03. The van der Waals surface area contributed by atoms with Gasteiger partial charge in [-0.05, 0) is 36.2 Å². The van der Waals surface area contributed by atoms with Crippen LogP contribution in [0.25, 0.3) is 10.9 Å². The summed E-state index contributed by atoms with van der Waals surface area (Å²) in [6.07, 6.45) is 3.94. The van der Waals surface area contributed by atoms with E-state index in [1.807, 2.05) is 42.5 Å². The number of nitrogens with one attached hydrogen (secondary N) is 2. The molecule has 4 aromatic rings. The predicted molar refractivity (Wildman–Crippen MR) is 120 cm³/mol. The number of amides is 1. The molecule has 8 heteroatoms. The molecule has 2 N–H and O–H groups in total. The predicted octanol–water partition coefficient (Wildman–Crippen LogP) is 4.59. The number of hydrogen-bond acceptors (Lipinski definition) is 5. The first kappa shape index (κ1) is 20.3. The molecule has 0 saturated carbocycles. The van der Waals surface area contributed by atoms with Crippen molar-refractivity contribution in [3.8, 4) is 0 Å². The van der Waals surface area contributed by atoms with Gasteiger partial charge in [0, 0.05) is 35.4 Å². The van der Waals surface area contributed by atoms with Crippen molar-refractivity contribution in [3.05, 3.63) is 86.4 Å². The molecule has 0 aliphatic carbocycles. The molecule has 0 atom stereocenters. The number of fused-ring (bicyclic) bond motifs is 1. The van der Waals surface area contributed by atoms with Crippen molar-refractivity contribution >= 4 is 44.9 Å². The number of anilines is 1. The maximum Gasteiger partial charge on any atom is 0.258 e. The molecule has 30 heavy (non-hydrogen) atoms. The second-order valence-corrected chi connectivity index (χ2v) is 8.42. The standard InChI is InChI=1S/C22H19ClN4O2S/c23-15-10-8-14(9-11-15)12-16-13-24-22(30-16)27-20(28)7-3-6-19-25-18-5-2-1-4-17(18)21(29)26-19/h1-2,4-5,8-11,13H,3,6-7,12H2,(H,24,27,28)(H,25,26,29). The average Bonchev–Trinajstić information content (AvgIpc) is 3.16. The third-order valence-corrected chi connectivity index (χ3v) is 5.74. The Morgan fingerprint density at radius 2 is 1.93 bits per heavy atom. The lowest BCUT2D eigenvalue weighted by molar-refractivity contribution is -0.116. The van der Waals surface area contributed by atoms with Crippen molar-refractivity contribution in [2.45, 2.75) is 25.7 Å². The first-order valence-corrected chi connectivity index (χ1v) is 10.7. The molecule has 152 valence electrons. The summed E-state index contributed by atoms with van der Waals surface area (Å²) in [6, 6.07) is 14.9. The molecular formula is C22H19ClN4O2S. The summed E-state index contributed by atoms with van der Waals surface area (Å²) < 4.78 is 0. The van der Waals surface area contributed by atoms with Crippen LogP contribution < -0.4 is 10.9 Å². The van der Waals surface area contributed by atoms with Crippen LogP contribution in [0.1, 0.15) is 29.1 Å². The van der Waals surface area contributed by atoms with E-state index in [4.69, 9.17) is 11.6 Å². The van der Waals surface area contributed by atoms with Gasteiger partial charge in [0.05, 0.1) is 10.9 Å². The van der Waals surface area contributed by atoms with Gasteiger partial charge in [-0.25, -0.2) is 9.97 Å². The Kier molecular flexibility index (Phi) is 6.21. The smallest absolute Gasteiger partial charge is 0.258 e. The minimum Gasteiger partial charge on any atom is -0.310 e. The van der Waals surface area contributed by atoms with Gasteiger partial charge in [0.2, 0.25) is 5.91 Å². The van der Waals surface area contributed by atoms with Crippen LogP contribution in [0.5, 0.6) is 0 Å². The van der Waals surface area contributed by atoms with E-state index in [-0.39, 0.29) is 11.5 Å². The number of thiazole rings is 1. The van der Waals surface area contributed by atoms with E-state index in [1.165, 1.54) is 11.3 Å². The molecule has 0 saturated heterocycles. The van der Waals surface area contributed by atoms with Gasteiger partial charge in [-0.1, -0.05) is 35.9 Å². The van der Waals surface area contributed by atoms with Gasteiger partial charge < -0.3 is 10.3 Å². The number of aromatic amines is 1. The number of para-hydroxylation sites is 1. The molecule has 0 aliphatic heterocycles. The fourth-order valence-corrected chi connectivity index (χ4v) is 4.09. The van der Waals surface area contributed by atoms with E-state index in [2.05, 4.69) is 20.3 Å². The molecule has 0 bridgehead atoms. The Labute approximate surface area is 182 Å². The maximum atomic E-state index is 12.2. The number of benzene rings is 2. The van der Waals surface area contributed by atoms with Crippen molar-refractivity contribution in [3.63, 3.8) is 0 Å². The van der Waals surface area contributed by atoms with Gasteiger partial charge in [0.1, 0.15) is 5.82 Å². The maximum absolute atomic E-state index is 12.2. The molecule has 2 aromatic heterocycles. The Bertz CT molecular complexity index is 1230. The van der Waals surface area contributed by atoms with Gasteiger partial charge in [0.25, 0.3) is 5.56 Å². The van der Waals surface area contributed by atoms with Crippen molar-refractivity contribution in [1.29, 1.82) is 0 Å². The van der Waals surface area contributed by atoms with Crippen LogP contribution in [0.2, 0.25) is 5.02 Å². The highest BCUT2D eigenvalue weighted by atomic mass is 35.5. The SMILES string of the molecule is O=C(CCCc1nc2ccccc2c(=O)[nH]1)Nc1ncc(Cc2ccc(Cl)cc2)s1. The number of aromatic nitrogens is 3. The van der Waals surface area contributed by atoms with E-state index in [1.54, 1.807) is 12.3 Å². The van der Waals surface area contributed by atoms with Gasteiger partial charge in [-0.15, -0.1) is 11.3 Å². The second kappa shape index (κ2) is 9.19. The van der Waals surface area contributed by atoms with Gasteiger partial charge in [-0.2, -0.15) is 0 Å². The summed E-state index contributed by atoms with van der Waals surface area (Å²) in [5.74, 6) is 0.483. The first-order chi connectivity index (χ1) is 14.6. The zero-order chi connectivity index (χ0) is 20.9. The number of nitrogens with zero attached hydrogens (tertiary/aromatic N) is 2. The van der Waals surface area contributed by atoms with Crippen molar-refractivity contribution in [2.24, 2.45) is 0 Å². The highest BCUT2D eigenvalue weighted by molar-refractivity contribution is 7.15. The highest BCUT2D eigenvalue weighted by Crippen LogP contribution is 2.22. The third-order valence-electron chi connectivity index (χ3n) is 4.57. The van der Waals surface area contributed by atoms with Crippen LogP contribution in [0, 0.1) is 0 Å². The topological polar surface area (TPSA) is 87.7 Å². The second-order valence-electron chi connectivity index (χ2n) is 6.87. The Morgan fingerprint density at radius 1 is 1.13 bits per heavy atom. The number of carbonyl (C=O) groups is 1. The fraction of sp³-hybridized carbons (Fsp3) is 0.182. The van der Waals surface area contributed by atoms with Crippen LogP contribution in [-0.2, 0) is 17.6 Å². The zero-order valence-electron chi connectivity index (χ0n) is 16.0. The van der Waals surface area contributed by atoms with Gasteiger partial charge >= 0.3 is 0 Å². The van der Waals surface area contributed by atoms with Crippen LogP contribution in [-0.4, -0.2) is 20.9 Å². The molecule has 2 heterocycles. The molecule has 4 rings (SSSR count). The molecule has 2 aromatic carbocycles. The number of aryl methyl sites for hydroxylation is 1.